The molecule has 116 valence electrons. The third-order valence-electron chi connectivity index (χ3n) is 5.84. The normalized spacial score (nSPS) is 39.9. The van der Waals surface area contributed by atoms with Crippen LogP contribution in [0.15, 0.2) is 0 Å². The first-order valence-corrected chi connectivity index (χ1v) is 8.90. The summed E-state index contributed by atoms with van der Waals surface area (Å²) >= 11 is 0. The monoisotopic (exact) mass is 280 g/mol. The first-order valence-electron chi connectivity index (χ1n) is 8.90. The molecule has 0 aromatic rings. The van der Waals surface area contributed by atoms with Crippen molar-refractivity contribution in [3.05, 3.63) is 0 Å². The number of aliphatic hydroxyl groups is 1. The zero-order valence-electron chi connectivity index (χ0n) is 13.1. The average molecular weight is 280 g/mol. The van der Waals surface area contributed by atoms with Crippen molar-refractivity contribution in [1.82, 2.24) is 10.2 Å². The smallest absolute Gasteiger partial charge is 0.0614 e. The van der Waals surface area contributed by atoms with Crippen LogP contribution in [0.4, 0.5) is 0 Å². The van der Waals surface area contributed by atoms with Gasteiger partial charge in [0.05, 0.1) is 6.61 Å². The molecule has 2 N–H and O–H groups in total. The van der Waals surface area contributed by atoms with Crippen LogP contribution in [0.2, 0.25) is 0 Å². The van der Waals surface area contributed by atoms with Crippen LogP contribution in [-0.2, 0) is 0 Å². The molecular weight excluding hydrogens is 248 g/mol. The van der Waals surface area contributed by atoms with E-state index in [-0.39, 0.29) is 5.54 Å². The molecule has 2 aliphatic carbocycles. The van der Waals surface area contributed by atoms with Crippen LogP contribution >= 0.6 is 0 Å². The predicted octanol–water partition coefficient (Wildman–Crippen LogP) is 2.68. The molecule has 3 aliphatic rings. The molecule has 3 atom stereocenters. The summed E-state index contributed by atoms with van der Waals surface area (Å²) in [5.74, 6) is 0. The molecule has 0 amide bonds. The lowest BCUT2D eigenvalue weighted by Crippen LogP contribution is -2.50. The van der Waals surface area contributed by atoms with Crippen LogP contribution in [0.1, 0.15) is 71.1 Å². The van der Waals surface area contributed by atoms with Crippen LogP contribution in [0.5, 0.6) is 0 Å². The lowest BCUT2D eigenvalue weighted by atomic mass is 9.97. The maximum atomic E-state index is 9.91. The van der Waals surface area contributed by atoms with Gasteiger partial charge in [0.15, 0.2) is 0 Å². The standard InChI is InChI=1S/C17H32N2O/c1-2-15-6-4-3-5-11-19(15)16-9-10-17(12-16,13-20)18-14-7-8-14/h14-16,18,20H,2-13H2,1H3. The second kappa shape index (κ2) is 6.33. The van der Waals surface area contributed by atoms with Gasteiger partial charge in [-0.15, -0.1) is 0 Å². The average Bonchev–Trinajstić information content (AvgIpc) is 3.22. The first-order chi connectivity index (χ1) is 9.76. The van der Waals surface area contributed by atoms with Gasteiger partial charge in [0.1, 0.15) is 0 Å². The largest absolute Gasteiger partial charge is 0.394 e. The summed E-state index contributed by atoms with van der Waals surface area (Å²) in [6.07, 6.45) is 13.1. The Hall–Kier alpha value is -0.120. The highest BCUT2D eigenvalue weighted by Gasteiger charge is 2.44. The van der Waals surface area contributed by atoms with Gasteiger partial charge in [-0.2, -0.15) is 0 Å². The minimum absolute atomic E-state index is 0.0381. The van der Waals surface area contributed by atoms with Crippen molar-refractivity contribution in [1.29, 1.82) is 0 Å². The third kappa shape index (κ3) is 3.20. The van der Waals surface area contributed by atoms with Gasteiger partial charge in [0, 0.05) is 23.7 Å². The zero-order chi connectivity index (χ0) is 14.0. The summed E-state index contributed by atoms with van der Waals surface area (Å²) in [7, 11) is 0. The molecule has 1 aliphatic heterocycles. The van der Waals surface area contributed by atoms with Gasteiger partial charge in [-0.1, -0.05) is 19.8 Å². The van der Waals surface area contributed by atoms with E-state index < -0.39 is 0 Å². The van der Waals surface area contributed by atoms with E-state index in [2.05, 4.69) is 17.1 Å². The fraction of sp³-hybridized carbons (Fsp3) is 1.00. The highest BCUT2D eigenvalue weighted by molar-refractivity contribution is 5.03. The Morgan fingerprint density at radius 2 is 2.00 bits per heavy atom. The minimum Gasteiger partial charge on any atom is -0.394 e. The summed E-state index contributed by atoms with van der Waals surface area (Å²) < 4.78 is 0. The third-order valence-corrected chi connectivity index (χ3v) is 5.84. The van der Waals surface area contributed by atoms with Gasteiger partial charge >= 0.3 is 0 Å². The Kier molecular flexibility index (Phi) is 4.68. The van der Waals surface area contributed by atoms with Crippen LogP contribution in [-0.4, -0.2) is 46.8 Å². The van der Waals surface area contributed by atoms with Crippen molar-refractivity contribution in [2.75, 3.05) is 13.2 Å². The van der Waals surface area contributed by atoms with Gasteiger partial charge in [-0.25, -0.2) is 0 Å². The van der Waals surface area contributed by atoms with Crippen LogP contribution in [0.3, 0.4) is 0 Å². The summed E-state index contributed by atoms with van der Waals surface area (Å²) in [6, 6.07) is 2.20. The fourth-order valence-corrected chi connectivity index (χ4v) is 4.48. The molecule has 3 unspecified atom stereocenters. The van der Waals surface area contributed by atoms with Crippen LogP contribution < -0.4 is 5.32 Å². The van der Waals surface area contributed by atoms with E-state index in [9.17, 15) is 5.11 Å². The van der Waals surface area contributed by atoms with E-state index in [0.717, 1.165) is 18.9 Å². The van der Waals surface area contributed by atoms with Crippen molar-refractivity contribution in [3.8, 4) is 0 Å². The zero-order valence-corrected chi connectivity index (χ0v) is 13.1. The molecular formula is C17H32N2O. The number of hydrogen-bond acceptors (Lipinski definition) is 3. The topological polar surface area (TPSA) is 35.5 Å². The van der Waals surface area contributed by atoms with Gasteiger partial charge in [0.2, 0.25) is 0 Å². The lowest BCUT2D eigenvalue weighted by Gasteiger charge is -2.36. The number of aliphatic hydroxyl groups excluding tert-OH is 1. The highest BCUT2D eigenvalue weighted by atomic mass is 16.3. The number of likely N-dealkylation sites (tertiary alicyclic amines) is 1. The summed E-state index contributed by atoms with van der Waals surface area (Å²) in [4.78, 5) is 2.80. The molecule has 3 rings (SSSR count). The lowest BCUT2D eigenvalue weighted by molar-refractivity contribution is 0.112. The molecule has 1 saturated heterocycles. The second-order valence-electron chi connectivity index (χ2n) is 7.40. The fourth-order valence-electron chi connectivity index (χ4n) is 4.48. The summed E-state index contributed by atoms with van der Waals surface area (Å²) in [5, 5.41) is 13.7. The Morgan fingerprint density at radius 1 is 1.15 bits per heavy atom. The van der Waals surface area contributed by atoms with Gasteiger partial charge in [0.25, 0.3) is 0 Å². The first kappa shape index (κ1) is 14.8. The molecule has 1 heterocycles. The van der Waals surface area contributed by atoms with Crippen molar-refractivity contribution >= 4 is 0 Å². The van der Waals surface area contributed by atoms with Crippen molar-refractivity contribution in [3.63, 3.8) is 0 Å². The van der Waals surface area contributed by atoms with Gasteiger partial charge in [-0.3, -0.25) is 4.90 Å². The van der Waals surface area contributed by atoms with Crippen molar-refractivity contribution < 1.29 is 5.11 Å². The Balaban J connectivity index is 1.64. The predicted molar refractivity (Wildman–Crippen MR) is 82.9 cm³/mol. The summed E-state index contributed by atoms with van der Waals surface area (Å²) in [6.45, 7) is 3.96. The maximum absolute atomic E-state index is 9.91. The number of nitrogens with one attached hydrogen (secondary N) is 1. The van der Waals surface area contributed by atoms with E-state index in [4.69, 9.17) is 0 Å². The Bertz CT molecular complexity index is 318. The van der Waals surface area contributed by atoms with Crippen LogP contribution in [0.25, 0.3) is 0 Å². The van der Waals surface area contributed by atoms with E-state index in [1.165, 1.54) is 57.9 Å². The van der Waals surface area contributed by atoms with Crippen molar-refractivity contribution in [2.24, 2.45) is 0 Å². The molecule has 0 spiro atoms. The van der Waals surface area contributed by atoms with Gasteiger partial charge < -0.3 is 10.4 Å². The summed E-state index contributed by atoms with van der Waals surface area (Å²) in [5.41, 5.74) is 0.0381. The molecule has 0 bridgehead atoms. The maximum Gasteiger partial charge on any atom is 0.0614 e. The molecule has 2 saturated carbocycles. The highest BCUT2D eigenvalue weighted by Crippen LogP contribution is 2.38. The Morgan fingerprint density at radius 3 is 2.70 bits per heavy atom. The molecule has 20 heavy (non-hydrogen) atoms. The molecule has 0 aromatic heterocycles. The quantitative estimate of drug-likeness (QED) is 0.813. The molecule has 3 heteroatoms. The molecule has 3 nitrogen and oxygen atoms in total. The van der Waals surface area contributed by atoms with Crippen LogP contribution in [0, 0.1) is 0 Å². The van der Waals surface area contributed by atoms with E-state index >= 15 is 0 Å². The molecule has 0 aromatic carbocycles. The molecule has 3 fully saturated rings. The van der Waals surface area contributed by atoms with E-state index in [1.807, 2.05) is 0 Å². The molecule has 0 radical (unpaired) electrons. The Labute approximate surface area is 124 Å². The van der Waals surface area contributed by atoms with E-state index in [1.54, 1.807) is 0 Å². The van der Waals surface area contributed by atoms with E-state index in [0.29, 0.717) is 18.7 Å². The van der Waals surface area contributed by atoms with Crippen molar-refractivity contribution in [2.45, 2.75) is 94.8 Å². The van der Waals surface area contributed by atoms with Gasteiger partial charge in [-0.05, 0) is 57.9 Å². The number of hydrogen-bond donors (Lipinski definition) is 2. The number of nitrogens with zero attached hydrogens (tertiary/aromatic N) is 1. The SMILES string of the molecule is CCC1CCCCCN1C1CCC(CO)(NC2CC2)C1. The number of rotatable bonds is 5. The minimum atomic E-state index is 0.0381. The second-order valence-corrected chi connectivity index (χ2v) is 7.40.